The van der Waals surface area contributed by atoms with Crippen molar-refractivity contribution in [1.82, 2.24) is 4.90 Å². The molecule has 0 aromatic heterocycles. The molecule has 2 aliphatic rings. The lowest BCUT2D eigenvalue weighted by atomic mass is 9.81. The molecule has 1 saturated carbocycles. The van der Waals surface area contributed by atoms with Crippen molar-refractivity contribution in [2.45, 2.75) is 63.0 Å². The Kier molecular flexibility index (Phi) is 4.68. The van der Waals surface area contributed by atoms with E-state index in [1.807, 2.05) is 0 Å². The summed E-state index contributed by atoms with van der Waals surface area (Å²) in [5, 5.41) is 10.8. The molecule has 0 aromatic rings. The molecule has 104 valence electrons. The van der Waals surface area contributed by atoms with Crippen molar-refractivity contribution >= 4 is 0 Å². The predicted molar refractivity (Wildman–Crippen MR) is 73.4 cm³/mol. The summed E-state index contributed by atoms with van der Waals surface area (Å²) >= 11 is 0. The lowest BCUT2D eigenvalue weighted by Crippen LogP contribution is -2.54. The van der Waals surface area contributed by atoms with E-state index in [1.54, 1.807) is 0 Å². The molecule has 1 aliphatic carbocycles. The van der Waals surface area contributed by atoms with E-state index in [9.17, 15) is 5.11 Å². The van der Waals surface area contributed by atoms with Crippen molar-refractivity contribution in [2.24, 2.45) is 0 Å². The third kappa shape index (κ3) is 2.72. The van der Waals surface area contributed by atoms with Crippen LogP contribution in [0.15, 0.2) is 11.8 Å². The minimum Gasteiger partial charge on any atom is -0.495 e. The van der Waals surface area contributed by atoms with Crippen LogP contribution in [0.1, 0.15) is 51.4 Å². The highest BCUT2D eigenvalue weighted by molar-refractivity contribution is 5.13. The van der Waals surface area contributed by atoms with Gasteiger partial charge in [0.15, 0.2) is 0 Å². The minimum absolute atomic E-state index is 0.125. The van der Waals surface area contributed by atoms with E-state index < -0.39 is 6.10 Å². The van der Waals surface area contributed by atoms with Gasteiger partial charge in [-0.3, -0.25) is 0 Å². The Labute approximate surface area is 111 Å². The monoisotopic (exact) mass is 253 g/mol. The maximum Gasteiger partial charge on any atom is 0.129 e. The van der Waals surface area contributed by atoms with Crippen LogP contribution in [0.4, 0.5) is 0 Å². The van der Waals surface area contributed by atoms with Gasteiger partial charge in [-0.15, -0.1) is 0 Å². The van der Waals surface area contributed by atoms with Crippen LogP contribution in [0.5, 0.6) is 0 Å². The molecule has 0 saturated heterocycles. The highest BCUT2D eigenvalue weighted by atomic mass is 16.5. The van der Waals surface area contributed by atoms with Gasteiger partial charge in [-0.25, -0.2) is 0 Å². The zero-order valence-corrected chi connectivity index (χ0v) is 11.8. The molecular weight excluding hydrogens is 226 g/mol. The molecule has 3 nitrogen and oxygen atoms in total. The molecule has 2 rings (SSSR count). The van der Waals surface area contributed by atoms with Gasteiger partial charge in [-0.05, 0) is 45.9 Å². The van der Waals surface area contributed by atoms with Crippen molar-refractivity contribution in [2.75, 3.05) is 20.7 Å². The van der Waals surface area contributed by atoms with E-state index in [0.29, 0.717) is 0 Å². The highest BCUT2D eigenvalue weighted by Gasteiger charge is 2.42. The highest BCUT2D eigenvalue weighted by Crippen LogP contribution is 2.37. The summed E-state index contributed by atoms with van der Waals surface area (Å²) in [6.07, 6.45) is 10.9. The second kappa shape index (κ2) is 6.07. The SMILES string of the molecule is CN(C)C1(C(O)C2=CCCCO2)CCCCCC1. The minimum atomic E-state index is -0.467. The Bertz CT molecular complexity index is 291. The first-order valence-electron chi connectivity index (χ1n) is 7.35. The van der Waals surface area contributed by atoms with E-state index in [2.05, 4.69) is 25.1 Å². The molecule has 1 heterocycles. The van der Waals surface area contributed by atoms with Crippen molar-refractivity contribution in [3.63, 3.8) is 0 Å². The molecule has 1 atom stereocenters. The fourth-order valence-electron chi connectivity index (χ4n) is 3.34. The number of aliphatic hydroxyl groups excluding tert-OH is 1. The second-order valence-corrected chi connectivity index (χ2v) is 5.91. The van der Waals surface area contributed by atoms with Crippen molar-refractivity contribution in [3.8, 4) is 0 Å². The van der Waals surface area contributed by atoms with Gasteiger partial charge < -0.3 is 14.7 Å². The Morgan fingerprint density at radius 3 is 2.33 bits per heavy atom. The molecule has 0 amide bonds. The van der Waals surface area contributed by atoms with Gasteiger partial charge in [-0.1, -0.05) is 25.7 Å². The largest absolute Gasteiger partial charge is 0.495 e. The van der Waals surface area contributed by atoms with Crippen LogP contribution in [-0.2, 0) is 4.74 Å². The van der Waals surface area contributed by atoms with Gasteiger partial charge in [0.2, 0.25) is 0 Å². The Morgan fingerprint density at radius 1 is 1.17 bits per heavy atom. The van der Waals surface area contributed by atoms with Gasteiger partial charge in [0, 0.05) is 0 Å². The van der Waals surface area contributed by atoms with Gasteiger partial charge in [-0.2, -0.15) is 0 Å². The van der Waals surface area contributed by atoms with Crippen molar-refractivity contribution in [1.29, 1.82) is 0 Å². The van der Waals surface area contributed by atoms with Gasteiger partial charge in [0.25, 0.3) is 0 Å². The predicted octanol–water partition coefficient (Wildman–Crippen LogP) is 2.70. The Hall–Kier alpha value is -0.540. The number of allylic oxidation sites excluding steroid dienone is 1. The van der Waals surface area contributed by atoms with E-state index in [1.165, 1.54) is 25.7 Å². The normalized spacial score (nSPS) is 26.1. The Balaban J connectivity index is 2.19. The molecule has 1 unspecified atom stereocenters. The third-order valence-corrected chi connectivity index (χ3v) is 4.60. The standard InChI is InChI=1S/C15H27NO2/c1-16(2)15(10-6-3-4-7-11-15)14(17)13-9-5-8-12-18-13/h9,14,17H,3-8,10-12H2,1-2H3. The molecule has 1 N–H and O–H groups in total. The lowest BCUT2D eigenvalue weighted by molar-refractivity contribution is -0.0320. The molecule has 3 heteroatoms. The van der Waals surface area contributed by atoms with Gasteiger partial charge in [0.1, 0.15) is 11.9 Å². The molecule has 0 spiro atoms. The van der Waals surface area contributed by atoms with Crippen LogP contribution in [-0.4, -0.2) is 42.4 Å². The zero-order chi connectivity index (χ0) is 13.0. The van der Waals surface area contributed by atoms with Crippen LogP contribution < -0.4 is 0 Å². The molecule has 1 fully saturated rings. The van der Waals surface area contributed by atoms with Gasteiger partial charge in [0.05, 0.1) is 12.1 Å². The number of ether oxygens (including phenoxy) is 1. The molecule has 0 radical (unpaired) electrons. The summed E-state index contributed by atoms with van der Waals surface area (Å²) in [4.78, 5) is 2.22. The van der Waals surface area contributed by atoms with Crippen LogP contribution >= 0.6 is 0 Å². The molecule has 18 heavy (non-hydrogen) atoms. The maximum atomic E-state index is 10.8. The number of likely N-dealkylation sites (N-methyl/N-ethyl adjacent to an activating group) is 1. The van der Waals surface area contributed by atoms with Crippen LogP contribution in [0.3, 0.4) is 0 Å². The van der Waals surface area contributed by atoms with E-state index in [-0.39, 0.29) is 5.54 Å². The quantitative estimate of drug-likeness (QED) is 0.785. The summed E-state index contributed by atoms with van der Waals surface area (Å²) in [7, 11) is 4.19. The van der Waals surface area contributed by atoms with E-state index in [4.69, 9.17) is 4.74 Å². The molecule has 0 aromatic carbocycles. The fraction of sp³-hybridized carbons (Fsp3) is 0.867. The molecular formula is C15H27NO2. The average molecular weight is 253 g/mol. The number of aliphatic hydroxyl groups is 1. The smallest absolute Gasteiger partial charge is 0.129 e. The third-order valence-electron chi connectivity index (χ3n) is 4.60. The number of rotatable bonds is 3. The van der Waals surface area contributed by atoms with Crippen molar-refractivity contribution < 1.29 is 9.84 Å². The zero-order valence-electron chi connectivity index (χ0n) is 11.8. The second-order valence-electron chi connectivity index (χ2n) is 5.91. The number of nitrogens with zero attached hydrogens (tertiary/aromatic N) is 1. The summed E-state index contributed by atoms with van der Waals surface area (Å²) in [5.41, 5.74) is -0.125. The summed E-state index contributed by atoms with van der Waals surface area (Å²) < 4.78 is 5.69. The van der Waals surface area contributed by atoms with E-state index in [0.717, 1.165) is 38.0 Å². The topological polar surface area (TPSA) is 32.7 Å². The average Bonchev–Trinajstić information content (AvgIpc) is 2.65. The molecule has 1 aliphatic heterocycles. The van der Waals surface area contributed by atoms with Gasteiger partial charge >= 0.3 is 0 Å². The van der Waals surface area contributed by atoms with Crippen LogP contribution in [0, 0.1) is 0 Å². The fourth-order valence-corrected chi connectivity index (χ4v) is 3.34. The first-order chi connectivity index (χ1) is 8.67. The number of hydrogen-bond donors (Lipinski definition) is 1. The number of hydrogen-bond acceptors (Lipinski definition) is 3. The Morgan fingerprint density at radius 2 is 1.83 bits per heavy atom. The summed E-state index contributed by atoms with van der Waals surface area (Å²) in [6.45, 7) is 0.756. The van der Waals surface area contributed by atoms with Crippen LogP contribution in [0.2, 0.25) is 0 Å². The lowest BCUT2D eigenvalue weighted by Gasteiger charge is -2.44. The van der Waals surface area contributed by atoms with E-state index >= 15 is 0 Å². The maximum absolute atomic E-state index is 10.8. The summed E-state index contributed by atoms with van der Waals surface area (Å²) in [5.74, 6) is 0.817. The first kappa shape index (κ1) is 13.9. The molecule has 0 bridgehead atoms. The first-order valence-corrected chi connectivity index (χ1v) is 7.35. The van der Waals surface area contributed by atoms with Crippen LogP contribution in [0.25, 0.3) is 0 Å². The van der Waals surface area contributed by atoms with Crippen molar-refractivity contribution in [3.05, 3.63) is 11.8 Å². The summed E-state index contributed by atoms with van der Waals surface area (Å²) in [6, 6.07) is 0.